The molecule has 11 heteroatoms. The maximum absolute atomic E-state index is 14.7. The topological polar surface area (TPSA) is 112 Å². The zero-order chi connectivity index (χ0) is 28.6. The number of nitrogens with one attached hydrogen (secondary N) is 2. The number of benzene rings is 1. The van der Waals surface area contributed by atoms with E-state index in [0.29, 0.717) is 46.3 Å². The molecule has 6 heterocycles. The Labute approximate surface area is 241 Å². The van der Waals surface area contributed by atoms with Gasteiger partial charge in [-0.2, -0.15) is 5.10 Å². The van der Waals surface area contributed by atoms with E-state index in [4.69, 9.17) is 9.72 Å². The maximum atomic E-state index is 14.7. The molecule has 0 unspecified atom stereocenters. The number of hydrogen-bond donors (Lipinski definition) is 2. The first-order valence-electron chi connectivity index (χ1n) is 14.0. The molecular formula is C31H30FN9O. The molecule has 0 amide bonds. The number of anilines is 1. The number of ether oxygens (including phenoxy) is 1. The van der Waals surface area contributed by atoms with Gasteiger partial charge in [0.1, 0.15) is 29.4 Å². The Morgan fingerprint density at radius 1 is 0.976 bits per heavy atom. The van der Waals surface area contributed by atoms with Gasteiger partial charge in [0, 0.05) is 62.0 Å². The highest BCUT2D eigenvalue weighted by molar-refractivity contribution is 5.96. The normalized spacial score (nSPS) is 13.8. The minimum atomic E-state index is -0.385. The molecule has 0 bridgehead atoms. The fourth-order valence-corrected chi connectivity index (χ4v) is 5.41. The number of halogens is 1. The minimum Gasteiger partial charge on any atom is -0.492 e. The molecule has 7 rings (SSSR count). The number of rotatable bonds is 8. The first kappa shape index (κ1) is 26.0. The molecule has 6 aromatic rings. The number of nitrogens with zero attached hydrogens (tertiary/aromatic N) is 7. The summed E-state index contributed by atoms with van der Waals surface area (Å²) in [5.41, 5.74) is 6.68. The number of aromatic nitrogens is 7. The Morgan fingerprint density at radius 2 is 1.83 bits per heavy atom. The molecule has 1 aromatic carbocycles. The first-order valence-corrected chi connectivity index (χ1v) is 14.0. The highest BCUT2D eigenvalue weighted by atomic mass is 19.1. The third-order valence-electron chi connectivity index (χ3n) is 7.64. The molecule has 42 heavy (non-hydrogen) atoms. The van der Waals surface area contributed by atoms with Crippen molar-refractivity contribution in [2.24, 2.45) is 0 Å². The van der Waals surface area contributed by atoms with E-state index in [0.717, 1.165) is 47.4 Å². The van der Waals surface area contributed by atoms with Crippen LogP contribution in [0.3, 0.4) is 0 Å². The van der Waals surface area contributed by atoms with Gasteiger partial charge in [0.05, 0.1) is 28.5 Å². The van der Waals surface area contributed by atoms with E-state index >= 15 is 0 Å². The van der Waals surface area contributed by atoms with E-state index in [9.17, 15) is 4.39 Å². The zero-order valence-electron chi connectivity index (χ0n) is 23.4. The van der Waals surface area contributed by atoms with Crippen molar-refractivity contribution in [1.82, 2.24) is 40.0 Å². The van der Waals surface area contributed by atoms with Gasteiger partial charge in [-0.25, -0.2) is 14.4 Å². The molecule has 10 nitrogen and oxygen atoms in total. The van der Waals surface area contributed by atoms with Crippen LogP contribution in [0.15, 0.2) is 61.2 Å². The molecule has 2 N–H and O–H groups in total. The van der Waals surface area contributed by atoms with Crippen LogP contribution in [0.4, 0.5) is 10.1 Å². The fourth-order valence-electron chi connectivity index (χ4n) is 5.41. The average molecular weight is 564 g/mol. The van der Waals surface area contributed by atoms with Crippen molar-refractivity contribution in [3.05, 3.63) is 67.0 Å². The first-order chi connectivity index (χ1) is 20.5. The summed E-state index contributed by atoms with van der Waals surface area (Å²) in [5, 5.41) is 8.31. The van der Waals surface area contributed by atoms with Crippen LogP contribution in [0.2, 0.25) is 0 Å². The predicted octanol–water partition coefficient (Wildman–Crippen LogP) is 5.30. The lowest BCUT2D eigenvalue weighted by Gasteiger charge is -2.15. The van der Waals surface area contributed by atoms with Crippen molar-refractivity contribution in [3.63, 3.8) is 0 Å². The average Bonchev–Trinajstić information content (AvgIpc) is 3.76. The number of H-pyrrole nitrogens is 2. The van der Waals surface area contributed by atoms with Crippen LogP contribution in [0.1, 0.15) is 12.8 Å². The van der Waals surface area contributed by atoms with Gasteiger partial charge in [-0.05, 0) is 56.3 Å². The second-order valence-electron chi connectivity index (χ2n) is 10.7. The Balaban J connectivity index is 1.22. The molecule has 1 aliphatic rings. The van der Waals surface area contributed by atoms with Gasteiger partial charge < -0.3 is 14.6 Å². The van der Waals surface area contributed by atoms with Crippen molar-refractivity contribution < 1.29 is 9.13 Å². The fraction of sp³-hybridized carbons (Fsp3) is 0.258. The van der Waals surface area contributed by atoms with E-state index in [-0.39, 0.29) is 5.82 Å². The predicted molar refractivity (Wildman–Crippen MR) is 161 cm³/mol. The number of imidazole rings is 1. The lowest BCUT2D eigenvalue weighted by Crippen LogP contribution is -2.25. The quantitative estimate of drug-likeness (QED) is 0.257. The van der Waals surface area contributed by atoms with E-state index in [2.05, 4.69) is 41.1 Å². The van der Waals surface area contributed by atoms with Crippen LogP contribution in [0.5, 0.6) is 5.75 Å². The molecule has 1 fully saturated rings. The summed E-state index contributed by atoms with van der Waals surface area (Å²) in [6, 6.07) is 10.6. The standard InChI is InChI=1S/C31H30FN9O/c1-40(2)23-12-20(16-33-18-23)21-14-25-28(38-39-30(25)35-17-21)31-36-26-5-6-34-27(29(26)37-31)19-11-22(32)15-24(13-19)42-10-9-41-7-3-4-8-41/h5-6,11-18H,3-4,7-10H2,1-2H3,(H,36,37)(H,35,38,39). The monoisotopic (exact) mass is 563 g/mol. The zero-order valence-corrected chi connectivity index (χ0v) is 23.4. The number of likely N-dealkylation sites (tertiary alicyclic amines) is 1. The van der Waals surface area contributed by atoms with Crippen molar-refractivity contribution in [3.8, 4) is 39.7 Å². The van der Waals surface area contributed by atoms with Gasteiger partial charge >= 0.3 is 0 Å². The SMILES string of the molecule is CN(C)c1cncc(-c2cnc3n[nH]c(-c4nc5c(-c6cc(F)cc(OCCN7CCCC7)c6)nccc5[nH]4)c3c2)c1. The van der Waals surface area contributed by atoms with E-state index < -0.39 is 0 Å². The summed E-state index contributed by atoms with van der Waals surface area (Å²) < 4.78 is 20.7. The molecule has 0 atom stereocenters. The molecule has 0 spiro atoms. The van der Waals surface area contributed by atoms with Crippen LogP contribution >= 0.6 is 0 Å². The second-order valence-corrected chi connectivity index (χ2v) is 10.7. The van der Waals surface area contributed by atoms with Gasteiger partial charge in [-0.15, -0.1) is 0 Å². The van der Waals surface area contributed by atoms with Crippen molar-refractivity contribution >= 4 is 27.8 Å². The molecule has 0 aliphatic carbocycles. The van der Waals surface area contributed by atoms with Gasteiger partial charge in [0.15, 0.2) is 11.5 Å². The minimum absolute atomic E-state index is 0.385. The van der Waals surface area contributed by atoms with Gasteiger partial charge in [-0.1, -0.05) is 0 Å². The lowest BCUT2D eigenvalue weighted by molar-refractivity contribution is 0.237. The summed E-state index contributed by atoms with van der Waals surface area (Å²) >= 11 is 0. The molecule has 0 radical (unpaired) electrons. The largest absolute Gasteiger partial charge is 0.492 e. The number of aromatic amines is 2. The molecule has 5 aromatic heterocycles. The van der Waals surface area contributed by atoms with E-state index in [1.165, 1.54) is 25.0 Å². The molecule has 1 aliphatic heterocycles. The number of hydrogen-bond acceptors (Lipinski definition) is 8. The second kappa shape index (κ2) is 10.8. The molecule has 0 saturated carbocycles. The smallest absolute Gasteiger partial charge is 0.181 e. The van der Waals surface area contributed by atoms with Crippen molar-refractivity contribution in [1.29, 1.82) is 0 Å². The summed E-state index contributed by atoms with van der Waals surface area (Å²) in [5.74, 6) is 0.674. The van der Waals surface area contributed by atoms with Crippen LogP contribution in [0, 0.1) is 5.82 Å². The van der Waals surface area contributed by atoms with Crippen molar-refractivity contribution in [2.75, 3.05) is 45.2 Å². The third kappa shape index (κ3) is 5.03. The molecule has 212 valence electrons. The Hall–Kier alpha value is -4.90. The van der Waals surface area contributed by atoms with Crippen LogP contribution in [0.25, 0.3) is 56.0 Å². The Kier molecular flexibility index (Phi) is 6.71. The van der Waals surface area contributed by atoms with Crippen LogP contribution < -0.4 is 9.64 Å². The highest BCUT2D eigenvalue weighted by Crippen LogP contribution is 2.33. The van der Waals surface area contributed by atoms with Crippen LogP contribution in [-0.2, 0) is 0 Å². The number of fused-ring (bicyclic) bond motifs is 2. The maximum Gasteiger partial charge on any atom is 0.181 e. The third-order valence-corrected chi connectivity index (χ3v) is 7.64. The summed E-state index contributed by atoms with van der Waals surface area (Å²) in [6.07, 6.45) is 9.56. The van der Waals surface area contributed by atoms with Crippen LogP contribution in [-0.4, -0.2) is 80.4 Å². The van der Waals surface area contributed by atoms with Gasteiger partial charge in [-0.3, -0.25) is 20.0 Å². The summed E-state index contributed by atoms with van der Waals surface area (Å²) in [7, 11) is 3.96. The van der Waals surface area contributed by atoms with Crippen molar-refractivity contribution in [2.45, 2.75) is 12.8 Å². The Bertz CT molecular complexity index is 1890. The van der Waals surface area contributed by atoms with Gasteiger partial charge in [0.2, 0.25) is 0 Å². The summed E-state index contributed by atoms with van der Waals surface area (Å²) in [6.45, 7) is 3.52. The number of pyridine rings is 3. The molecular weight excluding hydrogens is 533 g/mol. The van der Waals surface area contributed by atoms with Gasteiger partial charge in [0.25, 0.3) is 0 Å². The Morgan fingerprint density at radius 3 is 2.69 bits per heavy atom. The molecule has 1 saturated heterocycles. The lowest BCUT2D eigenvalue weighted by atomic mass is 10.1. The summed E-state index contributed by atoms with van der Waals surface area (Å²) in [4.78, 5) is 26.2. The van der Waals surface area contributed by atoms with E-state index in [1.807, 2.05) is 49.6 Å². The highest BCUT2D eigenvalue weighted by Gasteiger charge is 2.18. The van der Waals surface area contributed by atoms with E-state index in [1.54, 1.807) is 12.4 Å².